The first kappa shape index (κ1) is 17.6. The second-order valence-electron chi connectivity index (χ2n) is 5.29. The molecule has 2 fully saturated rings. The normalized spacial score (nSPS) is 34.7. The number of nitrogens with one attached hydrogen (secondary N) is 1. The average molecular weight is 526 g/mol. The summed E-state index contributed by atoms with van der Waals surface area (Å²) in [5.74, 6) is -2.45. The van der Waals surface area contributed by atoms with Gasteiger partial charge in [0.15, 0.2) is 0 Å². The summed E-state index contributed by atoms with van der Waals surface area (Å²) in [5, 5.41) is 1.65. The van der Waals surface area contributed by atoms with Gasteiger partial charge in [-0.2, -0.15) is 0 Å². The molecule has 2 bridgehead atoms. The zero-order valence-electron chi connectivity index (χ0n) is 10.7. The van der Waals surface area contributed by atoms with Crippen molar-refractivity contribution in [3.8, 4) is 0 Å². The third-order valence-electron chi connectivity index (χ3n) is 4.19. The fourth-order valence-corrected chi connectivity index (χ4v) is 12.2. The summed E-state index contributed by atoms with van der Waals surface area (Å²) >= 11 is -2.54. The molecule has 0 spiro atoms. The summed E-state index contributed by atoms with van der Waals surface area (Å²) in [4.78, 5) is 11.0. The SMILES string of the molecule is CC(=O)O[C@@H]1[C@H]([Hg][Cl])[C@@H]2C[C@H]1NC2(C(F)(F)F)C(F)(F)F. The van der Waals surface area contributed by atoms with Gasteiger partial charge in [-0.1, -0.05) is 0 Å². The summed E-state index contributed by atoms with van der Waals surface area (Å²) in [7, 11) is 5.78. The molecule has 2 rings (SSSR count). The van der Waals surface area contributed by atoms with Crippen LogP contribution in [0.15, 0.2) is 0 Å². The topological polar surface area (TPSA) is 38.3 Å². The molecule has 2 aliphatic rings. The molecule has 1 saturated heterocycles. The van der Waals surface area contributed by atoms with Crippen molar-refractivity contribution in [3.05, 3.63) is 0 Å². The number of fused-ring (bicyclic) bond motifs is 2. The molecule has 0 unspecified atom stereocenters. The Morgan fingerprint density at radius 1 is 1.29 bits per heavy atom. The summed E-state index contributed by atoms with van der Waals surface area (Å²) in [6, 6.07) is -1.16. The molecule has 1 aliphatic carbocycles. The molecule has 118 valence electrons. The van der Waals surface area contributed by atoms with Crippen LogP contribution in [0, 0.1) is 5.92 Å². The molecule has 0 amide bonds. The third-order valence-corrected chi connectivity index (χ3v) is 12.7. The molecule has 3 nitrogen and oxygen atoms in total. The Morgan fingerprint density at radius 3 is 2.19 bits per heavy atom. The molecule has 0 radical (unpaired) electrons. The number of ether oxygens (including phenoxy) is 1. The summed E-state index contributed by atoms with van der Waals surface area (Å²) < 4.78 is 82.9. The van der Waals surface area contributed by atoms with Crippen LogP contribution in [0.3, 0.4) is 0 Å². The second kappa shape index (κ2) is 5.40. The monoisotopic (exact) mass is 527 g/mol. The van der Waals surface area contributed by atoms with Crippen LogP contribution in [-0.4, -0.2) is 36.0 Å². The maximum atomic E-state index is 13.2. The number of esters is 1. The first-order valence-electron chi connectivity index (χ1n) is 6.10. The van der Waals surface area contributed by atoms with Crippen molar-refractivity contribution in [2.24, 2.45) is 5.92 Å². The van der Waals surface area contributed by atoms with E-state index in [1.165, 1.54) is 0 Å². The molecular weight excluding hydrogens is 516 g/mol. The molecule has 11 heteroatoms. The van der Waals surface area contributed by atoms with E-state index >= 15 is 0 Å². The second-order valence-corrected chi connectivity index (χ2v) is 12.9. The predicted molar refractivity (Wildman–Crippen MR) is 55.0 cm³/mol. The van der Waals surface area contributed by atoms with Gasteiger partial charge in [0.05, 0.1) is 0 Å². The zero-order chi connectivity index (χ0) is 16.2. The number of carbonyl (C=O) groups excluding carboxylic acids is 1. The van der Waals surface area contributed by atoms with Gasteiger partial charge >= 0.3 is 131 Å². The van der Waals surface area contributed by atoms with Crippen molar-refractivity contribution in [2.45, 2.75) is 46.8 Å². The molecule has 1 N–H and O–H groups in total. The van der Waals surface area contributed by atoms with Crippen molar-refractivity contribution >= 4 is 14.2 Å². The summed E-state index contributed by atoms with van der Waals surface area (Å²) in [6.07, 6.45) is -12.3. The van der Waals surface area contributed by atoms with E-state index in [0.717, 1.165) is 6.92 Å². The van der Waals surface area contributed by atoms with E-state index in [1.807, 2.05) is 0 Å². The Hall–Kier alpha value is 0.235. The number of hydrogen-bond acceptors (Lipinski definition) is 3. The summed E-state index contributed by atoms with van der Waals surface area (Å²) in [5.41, 5.74) is -3.94. The van der Waals surface area contributed by atoms with Gasteiger partial charge in [0.2, 0.25) is 0 Å². The minimum absolute atomic E-state index is 0.339. The van der Waals surface area contributed by atoms with E-state index in [4.69, 9.17) is 13.0 Å². The molecular formula is C10H10ClF6HgNO2. The molecule has 0 aromatic rings. The quantitative estimate of drug-likeness (QED) is 0.342. The van der Waals surface area contributed by atoms with E-state index in [-0.39, 0.29) is 6.42 Å². The van der Waals surface area contributed by atoms with Gasteiger partial charge in [-0.3, -0.25) is 0 Å². The number of alkyl halides is 6. The Labute approximate surface area is 131 Å². The number of rotatable bonds is 2. The standard InChI is InChI=1S/C10H10F6NO2.ClH.Hg/c1-4(18)19-7-3-5-2-6(7)17-8(5,9(11,12)13)10(14,15)16;;/h3,5-7,17H,2H2,1H3;1H;/q;;+1/p-1/t5-,6+,7+;;/m0../s1. The maximum absolute atomic E-state index is 13.2. The van der Waals surface area contributed by atoms with Crippen LogP contribution in [0.25, 0.3) is 0 Å². The van der Waals surface area contributed by atoms with Gasteiger partial charge < -0.3 is 0 Å². The van der Waals surface area contributed by atoms with Crippen LogP contribution in [0.1, 0.15) is 13.3 Å². The molecule has 21 heavy (non-hydrogen) atoms. The Balaban J connectivity index is 2.41. The molecule has 1 saturated carbocycles. The number of halogens is 7. The fraction of sp³-hybridized carbons (Fsp3) is 0.900. The van der Waals surface area contributed by atoms with E-state index in [0.29, 0.717) is 0 Å². The van der Waals surface area contributed by atoms with Gasteiger partial charge in [-0.05, 0) is 0 Å². The van der Waals surface area contributed by atoms with E-state index in [2.05, 4.69) is 0 Å². The van der Waals surface area contributed by atoms with E-state index < -0.39 is 68.7 Å². The van der Waals surface area contributed by atoms with Gasteiger partial charge in [-0.15, -0.1) is 0 Å². The Kier molecular flexibility index (Phi) is 4.52. The van der Waals surface area contributed by atoms with Crippen LogP contribution in [0.2, 0.25) is 3.43 Å². The van der Waals surface area contributed by atoms with Gasteiger partial charge in [0.25, 0.3) is 0 Å². The van der Waals surface area contributed by atoms with Crippen LogP contribution >= 0.6 is 8.25 Å². The Morgan fingerprint density at radius 2 is 1.81 bits per heavy atom. The van der Waals surface area contributed by atoms with Crippen LogP contribution < -0.4 is 5.32 Å². The van der Waals surface area contributed by atoms with Crippen molar-refractivity contribution < 1.29 is 59.2 Å². The van der Waals surface area contributed by atoms with Crippen LogP contribution in [0.5, 0.6) is 0 Å². The van der Waals surface area contributed by atoms with Crippen molar-refractivity contribution in [3.63, 3.8) is 0 Å². The molecule has 0 aromatic heterocycles. The minimum atomic E-state index is -5.48. The first-order valence-corrected chi connectivity index (χ1v) is 16.0. The average Bonchev–Trinajstić information content (AvgIpc) is 2.81. The predicted octanol–water partition coefficient (Wildman–Crippen LogP) is 2.80. The molecule has 0 aromatic carbocycles. The first-order chi connectivity index (χ1) is 9.45. The van der Waals surface area contributed by atoms with Crippen molar-refractivity contribution in [1.82, 2.24) is 5.32 Å². The molecule has 1 heterocycles. The van der Waals surface area contributed by atoms with Gasteiger partial charge in [-0.25, -0.2) is 0 Å². The number of hydrogen-bond donors (Lipinski definition) is 1. The number of piperidine rings is 1. The number of carbonyl (C=O) groups is 1. The van der Waals surface area contributed by atoms with Crippen molar-refractivity contribution in [1.29, 1.82) is 0 Å². The zero-order valence-corrected chi connectivity index (χ0v) is 16.9. The Bertz CT molecular complexity index is 428. The van der Waals surface area contributed by atoms with E-state index in [9.17, 15) is 31.1 Å². The van der Waals surface area contributed by atoms with Gasteiger partial charge in [0, 0.05) is 0 Å². The third kappa shape index (κ3) is 2.56. The van der Waals surface area contributed by atoms with Crippen LogP contribution in [-0.2, 0) is 32.9 Å². The van der Waals surface area contributed by atoms with E-state index in [1.54, 1.807) is 5.32 Å². The van der Waals surface area contributed by atoms with Gasteiger partial charge in [0.1, 0.15) is 0 Å². The van der Waals surface area contributed by atoms with Crippen LogP contribution in [0.4, 0.5) is 26.3 Å². The van der Waals surface area contributed by atoms with Crippen molar-refractivity contribution in [2.75, 3.05) is 0 Å². The summed E-state index contributed by atoms with van der Waals surface area (Å²) in [6.45, 7) is 1.06. The molecule has 1 aliphatic heterocycles. The molecule has 4 atom stereocenters. The fourth-order valence-electron chi connectivity index (χ4n) is 3.45.